The molecule has 0 heterocycles. The third-order valence-corrected chi connectivity index (χ3v) is 4.17. The minimum absolute atomic E-state index is 0.0308. The summed E-state index contributed by atoms with van der Waals surface area (Å²) in [5.74, 6) is 0.104. The van der Waals surface area contributed by atoms with Crippen LogP contribution < -0.4 is 0 Å². The van der Waals surface area contributed by atoms with Gasteiger partial charge in [-0.1, -0.05) is 27.7 Å². The van der Waals surface area contributed by atoms with Crippen LogP contribution in [0.25, 0.3) is 0 Å². The molecule has 0 aromatic rings. The second-order valence-corrected chi connectivity index (χ2v) is 6.14. The van der Waals surface area contributed by atoms with Gasteiger partial charge < -0.3 is 10.2 Å². The minimum atomic E-state index is -0.917. The molecule has 0 saturated heterocycles. The summed E-state index contributed by atoms with van der Waals surface area (Å²) in [6.07, 6.45) is 2.35. The molecule has 0 bridgehead atoms. The van der Waals surface area contributed by atoms with Gasteiger partial charge in [0.05, 0.1) is 11.2 Å². The molecule has 0 aromatic carbocycles. The molecule has 1 rings (SSSR count). The molecule has 1 aliphatic carbocycles. The van der Waals surface area contributed by atoms with Crippen LogP contribution in [0.1, 0.15) is 53.9 Å². The maximum atomic E-state index is 10.6. The Kier molecular flexibility index (Phi) is 2.75. The first-order valence-corrected chi connectivity index (χ1v) is 5.56. The van der Waals surface area contributed by atoms with Crippen molar-refractivity contribution in [3.63, 3.8) is 0 Å². The maximum Gasteiger partial charge on any atom is 0.0960 e. The van der Waals surface area contributed by atoms with Crippen LogP contribution in [0.4, 0.5) is 0 Å². The van der Waals surface area contributed by atoms with Gasteiger partial charge in [0.15, 0.2) is 0 Å². The third kappa shape index (κ3) is 1.70. The van der Waals surface area contributed by atoms with Crippen LogP contribution in [0, 0.1) is 11.3 Å². The molecule has 3 unspecified atom stereocenters. The summed E-state index contributed by atoms with van der Waals surface area (Å²) in [7, 11) is 0. The second kappa shape index (κ2) is 3.21. The van der Waals surface area contributed by atoms with Gasteiger partial charge in [0.25, 0.3) is 0 Å². The van der Waals surface area contributed by atoms with Gasteiger partial charge in [0, 0.05) is 0 Å². The molecule has 2 heteroatoms. The molecule has 1 saturated carbocycles. The lowest BCUT2D eigenvalue weighted by Crippen LogP contribution is -2.55. The van der Waals surface area contributed by atoms with E-state index in [4.69, 9.17) is 0 Å². The minimum Gasteiger partial charge on any atom is -0.387 e. The fourth-order valence-electron chi connectivity index (χ4n) is 2.59. The van der Waals surface area contributed by atoms with E-state index in [1.165, 1.54) is 0 Å². The second-order valence-electron chi connectivity index (χ2n) is 6.14. The zero-order valence-electron chi connectivity index (χ0n) is 10.1. The summed E-state index contributed by atoms with van der Waals surface area (Å²) in [5, 5.41) is 20.8. The molecule has 0 spiro atoms. The topological polar surface area (TPSA) is 40.5 Å². The Balaban J connectivity index is 2.95. The lowest BCUT2D eigenvalue weighted by Gasteiger charge is -2.46. The van der Waals surface area contributed by atoms with E-state index >= 15 is 0 Å². The Labute approximate surface area is 87.3 Å². The molecule has 1 aliphatic rings. The van der Waals surface area contributed by atoms with Gasteiger partial charge in [-0.05, 0) is 37.5 Å². The first-order chi connectivity index (χ1) is 6.11. The Hall–Kier alpha value is -0.0800. The highest BCUT2D eigenvalue weighted by molar-refractivity contribution is 5.07. The molecular formula is C12H24O2. The highest BCUT2D eigenvalue weighted by Gasteiger charge is 2.55. The van der Waals surface area contributed by atoms with Crippen LogP contribution in [0.2, 0.25) is 0 Å². The average molecular weight is 200 g/mol. The third-order valence-electron chi connectivity index (χ3n) is 4.17. The van der Waals surface area contributed by atoms with Crippen molar-refractivity contribution in [1.29, 1.82) is 0 Å². The molecule has 0 radical (unpaired) electrons. The van der Waals surface area contributed by atoms with E-state index in [1.54, 1.807) is 6.92 Å². The van der Waals surface area contributed by atoms with Crippen molar-refractivity contribution in [3.8, 4) is 0 Å². The Morgan fingerprint density at radius 1 is 1.14 bits per heavy atom. The van der Waals surface area contributed by atoms with Crippen molar-refractivity contribution in [2.75, 3.05) is 0 Å². The average Bonchev–Trinajstić information content (AvgIpc) is 2.24. The Morgan fingerprint density at radius 2 is 1.64 bits per heavy atom. The van der Waals surface area contributed by atoms with Gasteiger partial charge in [-0.15, -0.1) is 0 Å². The number of hydrogen-bond donors (Lipinski definition) is 2. The number of aliphatic hydroxyl groups is 2. The number of rotatable bonds is 1. The SMILES string of the molecule is CC(C(C)(C)C)C1(O)CCCC1(C)O. The van der Waals surface area contributed by atoms with Crippen molar-refractivity contribution in [2.45, 2.75) is 65.1 Å². The van der Waals surface area contributed by atoms with E-state index in [9.17, 15) is 10.2 Å². The molecule has 0 aromatic heterocycles. The van der Waals surface area contributed by atoms with Crippen molar-refractivity contribution in [2.24, 2.45) is 11.3 Å². The van der Waals surface area contributed by atoms with Crippen LogP contribution >= 0.6 is 0 Å². The van der Waals surface area contributed by atoms with E-state index < -0.39 is 11.2 Å². The van der Waals surface area contributed by atoms with E-state index in [0.717, 1.165) is 12.8 Å². The molecule has 14 heavy (non-hydrogen) atoms. The standard InChI is InChI=1S/C12H24O2/c1-9(10(2,3)4)12(14)8-6-7-11(12,5)13/h9,13-14H,6-8H2,1-5H3. The van der Waals surface area contributed by atoms with E-state index in [-0.39, 0.29) is 11.3 Å². The van der Waals surface area contributed by atoms with Gasteiger partial charge in [-0.2, -0.15) is 0 Å². The van der Waals surface area contributed by atoms with Crippen LogP contribution in [0.15, 0.2) is 0 Å². The fourth-order valence-corrected chi connectivity index (χ4v) is 2.59. The summed E-state index contributed by atoms with van der Waals surface area (Å²) in [5.41, 5.74) is -1.80. The van der Waals surface area contributed by atoms with Gasteiger partial charge >= 0.3 is 0 Å². The van der Waals surface area contributed by atoms with Crippen molar-refractivity contribution in [1.82, 2.24) is 0 Å². The summed E-state index contributed by atoms with van der Waals surface area (Å²) in [6, 6.07) is 0. The highest BCUT2D eigenvalue weighted by atomic mass is 16.4. The summed E-state index contributed by atoms with van der Waals surface area (Å²) in [6.45, 7) is 10.2. The molecular weight excluding hydrogens is 176 g/mol. The van der Waals surface area contributed by atoms with E-state index in [0.29, 0.717) is 6.42 Å². The maximum absolute atomic E-state index is 10.6. The largest absolute Gasteiger partial charge is 0.387 e. The predicted octanol–water partition coefficient (Wildman–Crippen LogP) is 2.33. The lowest BCUT2D eigenvalue weighted by molar-refractivity contribution is -0.168. The van der Waals surface area contributed by atoms with Crippen LogP contribution in [0.3, 0.4) is 0 Å². The van der Waals surface area contributed by atoms with Gasteiger partial charge in [0.1, 0.15) is 0 Å². The highest BCUT2D eigenvalue weighted by Crippen LogP contribution is 2.49. The van der Waals surface area contributed by atoms with Crippen molar-refractivity contribution in [3.05, 3.63) is 0 Å². The van der Waals surface area contributed by atoms with Gasteiger partial charge in [-0.3, -0.25) is 0 Å². The normalized spacial score (nSPS) is 41.4. The molecule has 3 atom stereocenters. The zero-order valence-corrected chi connectivity index (χ0v) is 10.1. The molecule has 0 amide bonds. The Bertz CT molecular complexity index is 215. The Morgan fingerprint density at radius 3 is 1.93 bits per heavy atom. The summed E-state index contributed by atoms with van der Waals surface area (Å²) < 4.78 is 0. The lowest BCUT2D eigenvalue weighted by atomic mass is 9.66. The molecule has 0 aliphatic heterocycles. The predicted molar refractivity (Wildman–Crippen MR) is 58.0 cm³/mol. The molecule has 84 valence electrons. The van der Waals surface area contributed by atoms with Crippen molar-refractivity contribution >= 4 is 0 Å². The zero-order chi connectivity index (χ0) is 11.2. The monoisotopic (exact) mass is 200 g/mol. The van der Waals surface area contributed by atoms with Gasteiger partial charge in [0.2, 0.25) is 0 Å². The van der Waals surface area contributed by atoms with Crippen molar-refractivity contribution < 1.29 is 10.2 Å². The van der Waals surface area contributed by atoms with E-state index in [1.807, 2.05) is 6.92 Å². The first kappa shape index (κ1) is 12.0. The molecule has 2 nitrogen and oxygen atoms in total. The summed E-state index contributed by atoms with van der Waals surface area (Å²) in [4.78, 5) is 0. The van der Waals surface area contributed by atoms with E-state index in [2.05, 4.69) is 20.8 Å². The summed E-state index contributed by atoms with van der Waals surface area (Å²) >= 11 is 0. The van der Waals surface area contributed by atoms with Crippen LogP contribution in [0.5, 0.6) is 0 Å². The smallest absolute Gasteiger partial charge is 0.0960 e. The molecule has 1 fully saturated rings. The molecule has 2 N–H and O–H groups in total. The number of hydrogen-bond acceptors (Lipinski definition) is 2. The first-order valence-electron chi connectivity index (χ1n) is 5.56. The van der Waals surface area contributed by atoms with Gasteiger partial charge in [-0.25, -0.2) is 0 Å². The van der Waals surface area contributed by atoms with Crippen LogP contribution in [-0.2, 0) is 0 Å². The van der Waals surface area contributed by atoms with Crippen LogP contribution in [-0.4, -0.2) is 21.4 Å². The fraction of sp³-hybridized carbons (Fsp3) is 1.00. The quantitative estimate of drug-likeness (QED) is 0.682.